The maximum Gasteiger partial charge on any atom is 0.259 e. The Morgan fingerprint density at radius 2 is 1.56 bits per heavy atom. The molecule has 3 N–H and O–H groups in total. The summed E-state index contributed by atoms with van der Waals surface area (Å²) in [5.74, 6) is -1.25. The van der Waals surface area contributed by atoms with Crippen LogP contribution in [-0.4, -0.2) is 62.3 Å². The summed E-state index contributed by atoms with van der Waals surface area (Å²) in [5, 5.41) is 7.97. The van der Waals surface area contributed by atoms with E-state index in [-0.39, 0.29) is 36.2 Å². The summed E-state index contributed by atoms with van der Waals surface area (Å²) in [6, 6.07) is 10.8. The molecule has 0 atom stereocenters. The highest BCUT2D eigenvalue weighted by atomic mass is 35.5. The van der Waals surface area contributed by atoms with Crippen molar-refractivity contribution >= 4 is 52.5 Å². The molecule has 0 radical (unpaired) electrons. The summed E-state index contributed by atoms with van der Waals surface area (Å²) >= 11 is 11.7. The summed E-state index contributed by atoms with van der Waals surface area (Å²) in [7, 11) is 3.26. The minimum Gasteiger partial charge on any atom is -0.484 e. The smallest absolute Gasteiger partial charge is 0.259 e. The highest BCUT2D eigenvalue weighted by Gasteiger charge is 2.13. The highest BCUT2D eigenvalue weighted by molar-refractivity contribution is 6.36. The average molecular weight is 481 g/mol. The molecule has 0 heterocycles. The lowest BCUT2D eigenvalue weighted by Crippen LogP contribution is -2.40. The number of ether oxygens (including phenoxy) is 1. The maximum absolute atomic E-state index is 12.1. The van der Waals surface area contributed by atoms with Crippen LogP contribution in [0.25, 0.3) is 0 Å². The second-order valence-corrected chi connectivity index (χ2v) is 7.58. The number of carbonyl (C=O) groups is 4. The van der Waals surface area contributed by atoms with E-state index in [0.717, 1.165) is 0 Å². The summed E-state index contributed by atoms with van der Waals surface area (Å²) in [5.41, 5.74) is 0.668. The Balaban J connectivity index is 1.72. The number of carbonyl (C=O) groups excluding carboxylic acids is 4. The van der Waals surface area contributed by atoms with Crippen molar-refractivity contribution in [2.75, 3.05) is 39.1 Å². The van der Waals surface area contributed by atoms with E-state index in [9.17, 15) is 19.2 Å². The van der Waals surface area contributed by atoms with E-state index in [1.165, 1.54) is 23.1 Å². The third-order valence-electron chi connectivity index (χ3n) is 4.03. The number of benzene rings is 2. The van der Waals surface area contributed by atoms with E-state index in [1.54, 1.807) is 38.4 Å². The first-order chi connectivity index (χ1) is 15.2. The van der Waals surface area contributed by atoms with Gasteiger partial charge in [-0.1, -0.05) is 23.2 Å². The Hall–Kier alpha value is -3.30. The summed E-state index contributed by atoms with van der Waals surface area (Å²) in [6.07, 6.45) is 0. The second kappa shape index (κ2) is 11.9. The van der Waals surface area contributed by atoms with Crippen molar-refractivity contribution in [3.05, 3.63) is 58.1 Å². The number of amides is 4. The van der Waals surface area contributed by atoms with E-state index in [4.69, 9.17) is 27.9 Å². The fourth-order valence-corrected chi connectivity index (χ4v) is 2.78. The van der Waals surface area contributed by atoms with Gasteiger partial charge in [-0.25, -0.2) is 0 Å². The fraction of sp³-hybridized carbons (Fsp3) is 0.238. The van der Waals surface area contributed by atoms with Crippen LogP contribution in [0.3, 0.4) is 0 Å². The van der Waals surface area contributed by atoms with E-state index in [1.807, 2.05) is 0 Å². The molecule has 0 saturated carbocycles. The van der Waals surface area contributed by atoms with Crippen molar-refractivity contribution < 1.29 is 23.9 Å². The fourth-order valence-electron chi connectivity index (χ4n) is 2.28. The van der Waals surface area contributed by atoms with Gasteiger partial charge in [0.05, 0.1) is 23.7 Å². The van der Waals surface area contributed by atoms with Crippen molar-refractivity contribution in [2.45, 2.75) is 0 Å². The number of anilines is 1. The first-order valence-electron chi connectivity index (χ1n) is 9.38. The zero-order chi connectivity index (χ0) is 23.7. The molecule has 9 nitrogen and oxygen atoms in total. The Morgan fingerprint density at radius 3 is 2.19 bits per heavy atom. The molecule has 0 saturated heterocycles. The summed E-state index contributed by atoms with van der Waals surface area (Å²) in [4.78, 5) is 48.9. The molecule has 11 heteroatoms. The predicted molar refractivity (Wildman–Crippen MR) is 121 cm³/mol. The van der Waals surface area contributed by atoms with Crippen LogP contribution in [0.4, 0.5) is 5.69 Å². The van der Waals surface area contributed by atoms with E-state index in [2.05, 4.69) is 16.0 Å². The topological polar surface area (TPSA) is 117 Å². The van der Waals surface area contributed by atoms with Crippen molar-refractivity contribution in [1.82, 2.24) is 15.5 Å². The van der Waals surface area contributed by atoms with Gasteiger partial charge in [-0.05, 0) is 42.5 Å². The lowest BCUT2D eigenvalue weighted by molar-refractivity contribution is -0.130. The van der Waals surface area contributed by atoms with E-state index >= 15 is 0 Å². The molecule has 4 amide bonds. The van der Waals surface area contributed by atoms with Gasteiger partial charge < -0.3 is 25.6 Å². The van der Waals surface area contributed by atoms with Crippen LogP contribution in [0.15, 0.2) is 42.5 Å². The van der Waals surface area contributed by atoms with Crippen molar-refractivity contribution in [1.29, 1.82) is 0 Å². The zero-order valence-electron chi connectivity index (χ0n) is 17.4. The molecule has 0 bridgehead atoms. The first-order valence-corrected chi connectivity index (χ1v) is 10.1. The minimum atomic E-state index is -0.548. The molecule has 2 aromatic carbocycles. The quantitative estimate of drug-likeness (QED) is 0.506. The third-order valence-corrected chi connectivity index (χ3v) is 4.58. The normalized spacial score (nSPS) is 10.1. The molecular weight excluding hydrogens is 459 g/mol. The van der Waals surface area contributed by atoms with Gasteiger partial charge >= 0.3 is 0 Å². The Labute approximate surface area is 195 Å². The molecule has 170 valence electrons. The highest BCUT2D eigenvalue weighted by Crippen LogP contribution is 2.20. The number of rotatable bonds is 9. The van der Waals surface area contributed by atoms with Gasteiger partial charge in [-0.2, -0.15) is 0 Å². The second-order valence-electron chi connectivity index (χ2n) is 6.73. The van der Waals surface area contributed by atoms with Gasteiger partial charge in [0.2, 0.25) is 11.8 Å². The SMILES string of the molecule is CN(C)C(=O)COc1ccc(NC(=O)CNC(=O)CNC(=O)c2ccc(Cl)cc2Cl)cc1. The molecule has 0 spiro atoms. The van der Waals surface area contributed by atoms with Gasteiger partial charge in [0.1, 0.15) is 5.75 Å². The third kappa shape index (κ3) is 8.09. The van der Waals surface area contributed by atoms with Crippen molar-refractivity contribution in [3.8, 4) is 5.75 Å². The van der Waals surface area contributed by atoms with Crippen LogP contribution in [0.5, 0.6) is 5.75 Å². The largest absolute Gasteiger partial charge is 0.484 e. The first kappa shape index (κ1) is 25.0. The molecule has 0 aliphatic heterocycles. The number of likely N-dealkylation sites (N-methyl/N-ethyl adjacent to an activating group) is 1. The van der Waals surface area contributed by atoms with Crippen LogP contribution in [0, 0.1) is 0 Å². The maximum atomic E-state index is 12.1. The van der Waals surface area contributed by atoms with Crippen LogP contribution >= 0.6 is 23.2 Å². The van der Waals surface area contributed by atoms with Gasteiger partial charge in [0.25, 0.3) is 11.8 Å². The van der Waals surface area contributed by atoms with Crippen LogP contribution in [0.2, 0.25) is 10.0 Å². The van der Waals surface area contributed by atoms with Gasteiger partial charge in [-0.3, -0.25) is 19.2 Å². The van der Waals surface area contributed by atoms with Gasteiger partial charge in [0, 0.05) is 24.8 Å². The number of hydrogen-bond donors (Lipinski definition) is 3. The van der Waals surface area contributed by atoms with E-state index in [0.29, 0.717) is 16.5 Å². The van der Waals surface area contributed by atoms with Crippen LogP contribution in [-0.2, 0) is 14.4 Å². The Morgan fingerprint density at radius 1 is 0.906 bits per heavy atom. The molecule has 0 aliphatic rings. The number of nitrogens with zero attached hydrogens (tertiary/aromatic N) is 1. The Bertz CT molecular complexity index is 996. The molecule has 2 rings (SSSR count). The molecule has 0 aliphatic carbocycles. The van der Waals surface area contributed by atoms with Crippen molar-refractivity contribution in [2.24, 2.45) is 0 Å². The molecule has 0 aromatic heterocycles. The van der Waals surface area contributed by atoms with Gasteiger partial charge in [0.15, 0.2) is 6.61 Å². The lowest BCUT2D eigenvalue weighted by Gasteiger charge is -2.12. The summed E-state index contributed by atoms with van der Waals surface area (Å²) < 4.78 is 5.35. The zero-order valence-corrected chi connectivity index (χ0v) is 18.9. The van der Waals surface area contributed by atoms with Crippen molar-refractivity contribution in [3.63, 3.8) is 0 Å². The standard InChI is InChI=1S/C21H22Cl2N4O5/c1-27(2)20(30)12-32-15-6-4-14(5-7-15)26-19(29)11-24-18(28)10-25-21(31)16-8-3-13(22)9-17(16)23/h3-9H,10-12H2,1-2H3,(H,24,28)(H,25,31)(H,26,29). The minimum absolute atomic E-state index is 0.0918. The molecular formula is C21H22Cl2N4O5. The molecule has 0 fully saturated rings. The molecule has 2 aromatic rings. The molecule has 0 unspecified atom stereocenters. The van der Waals surface area contributed by atoms with E-state index < -0.39 is 17.7 Å². The predicted octanol–water partition coefficient (Wildman–Crippen LogP) is 1.95. The van der Waals surface area contributed by atoms with Gasteiger partial charge in [-0.15, -0.1) is 0 Å². The summed E-state index contributed by atoms with van der Waals surface area (Å²) in [6.45, 7) is -0.708. The number of nitrogens with one attached hydrogen (secondary N) is 3. The number of hydrogen-bond acceptors (Lipinski definition) is 5. The average Bonchev–Trinajstić information content (AvgIpc) is 2.75. The molecule has 32 heavy (non-hydrogen) atoms. The number of halogens is 2. The Kier molecular flexibility index (Phi) is 9.30. The van der Waals surface area contributed by atoms with Crippen LogP contribution < -0.4 is 20.7 Å². The monoisotopic (exact) mass is 480 g/mol. The lowest BCUT2D eigenvalue weighted by atomic mass is 10.2. The van der Waals surface area contributed by atoms with Crippen LogP contribution in [0.1, 0.15) is 10.4 Å².